The Labute approximate surface area is 159 Å². The molecular weight excluding hydrogens is 354 g/mol. The fraction of sp³-hybridized carbons (Fsp3) is 0.450. The van der Waals surface area contributed by atoms with Crippen molar-refractivity contribution in [3.05, 3.63) is 51.4 Å². The van der Waals surface area contributed by atoms with Crippen LogP contribution in [0.25, 0.3) is 0 Å². The minimum atomic E-state index is -0.295. The first kappa shape index (κ1) is 20.3. The van der Waals surface area contributed by atoms with Crippen LogP contribution in [0.2, 0.25) is 5.02 Å². The Balaban J connectivity index is 2.00. The molecule has 0 radical (unpaired) electrons. The maximum absolute atomic E-state index is 12.5. The molecule has 0 fully saturated rings. The smallest absolute Gasteiger partial charge is 0.255 e. The van der Waals surface area contributed by atoms with Crippen molar-refractivity contribution in [3.8, 4) is 5.75 Å². The lowest BCUT2D eigenvalue weighted by atomic mass is 9.89. The van der Waals surface area contributed by atoms with Gasteiger partial charge in [0.1, 0.15) is 23.9 Å². The summed E-state index contributed by atoms with van der Waals surface area (Å²) < 4.78 is 11.4. The molecule has 0 atom stereocenters. The first-order valence-electron chi connectivity index (χ1n) is 8.56. The molecule has 1 aromatic heterocycles. The quantitative estimate of drug-likeness (QED) is 0.739. The van der Waals surface area contributed by atoms with Crippen molar-refractivity contribution in [2.24, 2.45) is 0 Å². The van der Waals surface area contributed by atoms with Crippen molar-refractivity contribution in [2.45, 2.75) is 46.6 Å². The number of benzene rings is 1. The van der Waals surface area contributed by atoms with Gasteiger partial charge in [-0.05, 0) is 37.6 Å². The van der Waals surface area contributed by atoms with Gasteiger partial charge < -0.3 is 19.6 Å². The van der Waals surface area contributed by atoms with E-state index in [0.29, 0.717) is 46.6 Å². The van der Waals surface area contributed by atoms with Crippen LogP contribution < -0.4 is 10.1 Å². The van der Waals surface area contributed by atoms with E-state index in [0.717, 1.165) is 5.56 Å². The number of furan rings is 1. The van der Waals surface area contributed by atoms with E-state index in [4.69, 9.17) is 20.8 Å². The molecule has 0 saturated carbocycles. The highest BCUT2D eigenvalue weighted by Crippen LogP contribution is 2.32. The van der Waals surface area contributed by atoms with Crippen LogP contribution in [0.5, 0.6) is 5.75 Å². The highest BCUT2D eigenvalue weighted by molar-refractivity contribution is 6.31. The number of aliphatic hydroxyl groups is 1. The monoisotopic (exact) mass is 379 g/mol. The molecule has 0 aliphatic carbocycles. The molecule has 1 heterocycles. The molecule has 5 nitrogen and oxygen atoms in total. The largest absolute Gasteiger partial charge is 0.492 e. The van der Waals surface area contributed by atoms with E-state index in [2.05, 4.69) is 5.32 Å². The van der Waals surface area contributed by atoms with Crippen LogP contribution >= 0.6 is 11.6 Å². The number of ether oxygens (including phenoxy) is 1. The SMILES string of the molecule is Cc1cc(OCCNC(=O)c2c(C)oc(C(C)(C)C)c2CO)ccc1Cl. The van der Waals surface area contributed by atoms with E-state index >= 15 is 0 Å². The third kappa shape index (κ3) is 4.59. The lowest BCUT2D eigenvalue weighted by Crippen LogP contribution is -2.29. The Morgan fingerprint density at radius 3 is 2.58 bits per heavy atom. The Morgan fingerprint density at radius 2 is 2.00 bits per heavy atom. The van der Waals surface area contributed by atoms with Crippen LogP contribution in [-0.4, -0.2) is 24.2 Å². The molecule has 0 saturated heterocycles. The van der Waals surface area contributed by atoms with Crippen molar-refractivity contribution >= 4 is 17.5 Å². The predicted octanol–water partition coefficient (Wildman–Crippen LogP) is 4.15. The molecule has 1 amide bonds. The number of carbonyl (C=O) groups is 1. The van der Waals surface area contributed by atoms with E-state index < -0.39 is 0 Å². The standard InChI is InChI=1S/C20H26ClNO4/c1-12-10-14(6-7-16(12)21)25-9-8-22-19(24)17-13(2)26-18(15(17)11-23)20(3,4)5/h6-7,10,23H,8-9,11H2,1-5H3,(H,22,24). The van der Waals surface area contributed by atoms with Gasteiger partial charge in [-0.3, -0.25) is 4.79 Å². The second kappa shape index (κ2) is 8.14. The summed E-state index contributed by atoms with van der Waals surface area (Å²) in [5.74, 6) is 1.56. The van der Waals surface area contributed by atoms with E-state index in [1.54, 1.807) is 19.1 Å². The molecule has 0 aliphatic rings. The summed E-state index contributed by atoms with van der Waals surface area (Å²) in [5, 5.41) is 13.2. The predicted molar refractivity (Wildman–Crippen MR) is 102 cm³/mol. The highest BCUT2D eigenvalue weighted by Gasteiger charge is 2.29. The van der Waals surface area contributed by atoms with E-state index in [-0.39, 0.29) is 17.9 Å². The summed E-state index contributed by atoms with van der Waals surface area (Å²) in [5.41, 5.74) is 1.59. The van der Waals surface area contributed by atoms with Crippen LogP contribution in [-0.2, 0) is 12.0 Å². The second-order valence-corrected chi connectivity index (χ2v) is 7.67. The van der Waals surface area contributed by atoms with Gasteiger partial charge in [-0.25, -0.2) is 0 Å². The highest BCUT2D eigenvalue weighted by atomic mass is 35.5. The van der Waals surface area contributed by atoms with Gasteiger partial charge in [0.15, 0.2) is 0 Å². The first-order valence-corrected chi connectivity index (χ1v) is 8.93. The Morgan fingerprint density at radius 1 is 1.31 bits per heavy atom. The zero-order valence-corrected chi connectivity index (χ0v) is 16.7. The third-order valence-electron chi connectivity index (χ3n) is 4.04. The molecule has 0 bridgehead atoms. The molecule has 0 aliphatic heterocycles. The van der Waals surface area contributed by atoms with Crippen molar-refractivity contribution in [1.82, 2.24) is 5.32 Å². The van der Waals surface area contributed by atoms with E-state index in [1.165, 1.54) is 0 Å². The van der Waals surface area contributed by atoms with Gasteiger partial charge >= 0.3 is 0 Å². The Kier molecular flexibility index (Phi) is 6.37. The lowest BCUT2D eigenvalue weighted by Gasteiger charge is -2.17. The zero-order chi connectivity index (χ0) is 19.5. The molecule has 142 valence electrons. The van der Waals surface area contributed by atoms with Crippen LogP contribution in [0.15, 0.2) is 22.6 Å². The second-order valence-electron chi connectivity index (χ2n) is 7.26. The third-order valence-corrected chi connectivity index (χ3v) is 4.46. The topological polar surface area (TPSA) is 71.7 Å². The van der Waals surface area contributed by atoms with E-state index in [1.807, 2.05) is 33.8 Å². The number of aryl methyl sites for hydroxylation is 2. The summed E-state index contributed by atoms with van der Waals surface area (Å²) in [6.07, 6.45) is 0. The average molecular weight is 380 g/mol. The van der Waals surface area contributed by atoms with Crippen molar-refractivity contribution in [1.29, 1.82) is 0 Å². The minimum absolute atomic E-state index is 0.243. The molecule has 26 heavy (non-hydrogen) atoms. The van der Waals surface area contributed by atoms with Crippen LogP contribution in [0.4, 0.5) is 0 Å². The molecule has 0 unspecified atom stereocenters. The molecule has 2 aromatic rings. The average Bonchev–Trinajstić information content (AvgIpc) is 2.91. The van der Waals surface area contributed by atoms with Gasteiger partial charge in [-0.1, -0.05) is 32.4 Å². The van der Waals surface area contributed by atoms with Crippen LogP contribution in [0.3, 0.4) is 0 Å². The van der Waals surface area contributed by atoms with Gasteiger partial charge in [0.2, 0.25) is 0 Å². The minimum Gasteiger partial charge on any atom is -0.492 e. The number of halogens is 1. The zero-order valence-electron chi connectivity index (χ0n) is 15.9. The van der Waals surface area contributed by atoms with Gasteiger partial charge in [0.05, 0.1) is 18.7 Å². The normalized spacial score (nSPS) is 11.5. The number of rotatable bonds is 6. The van der Waals surface area contributed by atoms with Crippen molar-refractivity contribution in [2.75, 3.05) is 13.2 Å². The van der Waals surface area contributed by atoms with Crippen molar-refractivity contribution in [3.63, 3.8) is 0 Å². The van der Waals surface area contributed by atoms with Crippen molar-refractivity contribution < 1.29 is 19.1 Å². The maximum atomic E-state index is 12.5. The number of amides is 1. The summed E-state index contributed by atoms with van der Waals surface area (Å²) in [6.45, 7) is 9.99. The number of aliphatic hydroxyl groups excluding tert-OH is 1. The van der Waals surface area contributed by atoms with Gasteiger partial charge in [-0.2, -0.15) is 0 Å². The summed E-state index contributed by atoms with van der Waals surface area (Å²) in [6, 6.07) is 5.42. The lowest BCUT2D eigenvalue weighted by molar-refractivity contribution is 0.0942. The fourth-order valence-electron chi connectivity index (χ4n) is 2.77. The molecule has 1 aromatic carbocycles. The Bertz CT molecular complexity index is 790. The molecule has 0 spiro atoms. The number of nitrogens with one attached hydrogen (secondary N) is 1. The number of hydrogen-bond donors (Lipinski definition) is 2. The first-order chi connectivity index (χ1) is 12.1. The molecule has 6 heteroatoms. The molecular formula is C20H26ClNO4. The van der Waals surface area contributed by atoms with Crippen LogP contribution in [0, 0.1) is 13.8 Å². The summed E-state index contributed by atoms with van der Waals surface area (Å²) in [7, 11) is 0. The fourth-order valence-corrected chi connectivity index (χ4v) is 2.89. The number of carbonyl (C=O) groups excluding carboxylic acids is 1. The van der Waals surface area contributed by atoms with Gasteiger partial charge in [-0.15, -0.1) is 0 Å². The van der Waals surface area contributed by atoms with E-state index in [9.17, 15) is 9.90 Å². The molecule has 2 rings (SSSR count). The molecule has 2 N–H and O–H groups in total. The maximum Gasteiger partial charge on any atom is 0.255 e. The summed E-state index contributed by atoms with van der Waals surface area (Å²) >= 11 is 5.99. The number of hydrogen-bond acceptors (Lipinski definition) is 4. The summed E-state index contributed by atoms with van der Waals surface area (Å²) in [4.78, 5) is 12.5. The Hall–Kier alpha value is -1.98. The van der Waals surface area contributed by atoms with Gasteiger partial charge in [0, 0.05) is 16.0 Å². The van der Waals surface area contributed by atoms with Gasteiger partial charge in [0.25, 0.3) is 5.91 Å². The van der Waals surface area contributed by atoms with Crippen LogP contribution in [0.1, 0.15) is 53.8 Å².